The Morgan fingerprint density at radius 1 is 1.57 bits per heavy atom. The summed E-state index contributed by atoms with van der Waals surface area (Å²) in [6, 6.07) is 0.334. The predicted molar refractivity (Wildman–Crippen MR) is 88.4 cm³/mol. The molecular weight excluding hydrogens is 332 g/mol. The molecule has 1 aliphatic heterocycles. The van der Waals surface area contributed by atoms with Gasteiger partial charge in [-0.3, -0.25) is 4.68 Å². The number of halogens is 1. The molecule has 120 valence electrons. The van der Waals surface area contributed by atoms with Crippen LogP contribution < -0.4 is 5.32 Å². The molecule has 2 heterocycles. The molecule has 0 aliphatic carbocycles. The van der Waals surface area contributed by atoms with Crippen molar-refractivity contribution in [3.63, 3.8) is 0 Å². The van der Waals surface area contributed by atoms with Crippen molar-refractivity contribution in [2.45, 2.75) is 32.4 Å². The largest absolute Gasteiger partial charge is 0.381 e. The first-order valence-corrected chi connectivity index (χ1v) is 8.58. The first kappa shape index (κ1) is 16.9. The van der Waals surface area contributed by atoms with Crippen molar-refractivity contribution >= 4 is 15.9 Å². The molecule has 2 rings (SSSR count). The van der Waals surface area contributed by atoms with Crippen LogP contribution >= 0.6 is 15.9 Å². The summed E-state index contributed by atoms with van der Waals surface area (Å²) in [6.45, 7) is 6.83. The van der Waals surface area contributed by atoms with Gasteiger partial charge in [-0.25, -0.2) is 0 Å². The second-order valence-electron chi connectivity index (χ2n) is 5.98. The van der Waals surface area contributed by atoms with Gasteiger partial charge in [0, 0.05) is 19.8 Å². The topological polar surface area (TPSA) is 42.3 Å². The summed E-state index contributed by atoms with van der Waals surface area (Å²) in [6.07, 6.45) is 4.20. The van der Waals surface area contributed by atoms with Crippen LogP contribution in [-0.4, -0.2) is 55.1 Å². The maximum Gasteiger partial charge on any atom is 0.0696 e. The van der Waals surface area contributed by atoms with Gasteiger partial charge < -0.3 is 15.0 Å². The maximum absolute atomic E-state index is 5.52. The summed E-state index contributed by atoms with van der Waals surface area (Å²) >= 11 is 3.68. The van der Waals surface area contributed by atoms with E-state index >= 15 is 0 Å². The summed E-state index contributed by atoms with van der Waals surface area (Å²) in [7, 11) is 4.19. The molecule has 2 unspecified atom stereocenters. The van der Waals surface area contributed by atoms with Crippen LogP contribution in [0.4, 0.5) is 0 Å². The lowest BCUT2D eigenvalue weighted by Crippen LogP contribution is -2.28. The van der Waals surface area contributed by atoms with Gasteiger partial charge in [-0.05, 0) is 55.3 Å². The van der Waals surface area contributed by atoms with E-state index < -0.39 is 0 Å². The second kappa shape index (κ2) is 8.27. The van der Waals surface area contributed by atoms with Crippen molar-refractivity contribution < 1.29 is 4.74 Å². The van der Waals surface area contributed by atoms with E-state index in [2.05, 4.69) is 56.9 Å². The van der Waals surface area contributed by atoms with Gasteiger partial charge in [-0.15, -0.1) is 0 Å². The number of aromatic nitrogens is 2. The zero-order chi connectivity index (χ0) is 15.2. The number of ether oxygens (including phenoxy) is 1. The average Bonchev–Trinajstić information content (AvgIpc) is 3.05. The SMILES string of the molecule is CCNC(CC1CCOC1)c1c(Br)cnn1CCN(C)C. The van der Waals surface area contributed by atoms with E-state index in [1.54, 1.807) is 0 Å². The Bertz CT molecular complexity index is 429. The molecule has 1 aromatic rings. The highest BCUT2D eigenvalue weighted by Gasteiger charge is 2.25. The molecule has 5 nitrogen and oxygen atoms in total. The fourth-order valence-corrected chi connectivity index (χ4v) is 3.40. The Hall–Kier alpha value is -0.430. The first-order chi connectivity index (χ1) is 10.1. The zero-order valence-corrected chi connectivity index (χ0v) is 14.9. The third kappa shape index (κ3) is 4.77. The van der Waals surface area contributed by atoms with Gasteiger partial charge in [-0.1, -0.05) is 6.92 Å². The van der Waals surface area contributed by atoms with Crippen LogP contribution in [0, 0.1) is 5.92 Å². The minimum Gasteiger partial charge on any atom is -0.381 e. The fraction of sp³-hybridized carbons (Fsp3) is 0.800. The van der Waals surface area contributed by atoms with Crippen molar-refractivity contribution in [3.8, 4) is 0 Å². The van der Waals surface area contributed by atoms with Gasteiger partial charge in [0.05, 0.1) is 29.0 Å². The molecule has 2 atom stereocenters. The van der Waals surface area contributed by atoms with Crippen molar-refractivity contribution in [3.05, 3.63) is 16.4 Å². The molecule has 21 heavy (non-hydrogen) atoms. The van der Waals surface area contributed by atoms with E-state index in [0.29, 0.717) is 12.0 Å². The highest BCUT2D eigenvalue weighted by Crippen LogP contribution is 2.30. The van der Waals surface area contributed by atoms with E-state index in [1.807, 2.05) is 6.20 Å². The van der Waals surface area contributed by atoms with E-state index in [4.69, 9.17) is 4.74 Å². The minimum atomic E-state index is 0.334. The van der Waals surface area contributed by atoms with Crippen molar-refractivity contribution in [1.29, 1.82) is 0 Å². The fourth-order valence-electron chi connectivity index (χ4n) is 2.83. The number of nitrogens with zero attached hydrogens (tertiary/aromatic N) is 3. The predicted octanol–water partition coefficient (Wildman–Crippen LogP) is 2.28. The minimum absolute atomic E-state index is 0.334. The van der Waals surface area contributed by atoms with Gasteiger partial charge in [-0.2, -0.15) is 5.10 Å². The number of likely N-dealkylation sites (N-methyl/N-ethyl adjacent to an activating group) is 1. The van der Waals surface area contributed by atoms with Crippen molar-refractivity contribution in [2.75, 3.05) is 40.4 Å². The molecular formula is C15H27BrN4O. The van der Waals surface area contributed by atoms with Gasteiger partial charge in [0.2, 0.25) is 0 Å². The van der Waals surface area contributed by atoms with Crippen LogP contribution in [0.25, 0.3) is 0 Å². The van der Waals surface area contributed by atoms with E-state index in [0.717, 1.165) is 43.7 Å². The third-order valence-electron chi connectivity index (χ3n) is 3.97. The quantitative estimate of drug-likeness (QED) is 0.773. The Labute approximate surface area is 136 Å². The summed E-state index contributed by atoms with van der Waals surface area (Å²) < 4.78 is 8.76. The van der Waals surface area contributed by atoms with Gasteiger partial charge in [0.1, 0.15) is 0 Å². The van der Waals surface area contributed by atoms with Crippen LogP contribution in [0.5, 0.6) is 0 Å². The van der Waals surface area contributed by atoms with E-state index in [-0.39, 0.29) is 0 Å². The van der Waals surface area contributed by atoms with Gasteiger partial charge in [0.15, 0.2) is 0 Å². The summed E-state index contributed by atoms with van der Waals surface area (Å²) in [5, 5.41) is 8.16. The molecule has 0 radical (unpaired) electrons. The monoisotopic (exact) mass is 358 g/mol. The molecule has 0 bridgehead atoms. The van der Waals surface area contributed by atoms with Crippen LogP contribution in [0.1, 0.15) is 31.5 Å². The smallest absolute Gasteiger partial charge is 0.0696 e. The highest BCUT2D eigenvalue weighted by atomic mass is 79.9. The molecule has 1 fully saturated rings. The molecule has 1 N–H and O–H groups in total. The Kier molecular flexibility index (Phi) is 6.67. The van der Waals surface area contributed by atoms with Crippen LogP contribution in [0.15, 0.2) is 10.7 Å². The Morgan fingerprint density at radius 2 is 2.38 bits per heavy atom. The summed E-state index contributed by atoms with van der Waals surface area (Å²) in [5.41, 5.74) is 1.27. The maximum atomic E-state index is 5.52. The summed E-state index contributed by atoms with van der Waals surface area (Å²) in [4.78, 5) is 2.19. The average molecular weight is 359 g/mol. The van der Waals surface area contributed by atoms with E-state index in [9.17, 15) is 0 Å². The zero-order valence-electron chi connectivity index (χ0n) is 13.3. The lowest BCUT2D eigenvalue weighted by atomic mass is 9.97. The van der Waals surface area contributed by atoms with Crippen molar-refractivity contribution in [2.24, 2.45) is 5.92 Å². The van der Waals surface area contributed by atoms with Crippen LogP contribution in [0.2, 0.25) is 0 Å². The standard InChI is InChI=1S/C15H27BrN4O/c1-4-17-14(9-12-5-8-21-11-12)15-13(16)10-18-20(15)7-6-19(2)3/h10,12,14,17H,4-9,11H2,1-3H3. The van der Waals surface area contributed by atoms with Crippen LogP contribution in [-0.2, 0) is 11.3 Å². The lowest BCUT2D eigenvalue weighted by molar-refractivity contribution is 0.181. The highest BCUT2D eigenvalue weighted by molar-refractivity contribution is 9.10. The van der Waals surface area contributed by atoms with Crippen molar-refractivity contribution in [1.82, 2.24) is 20.0 Å². The molecule has 0 spiro atoms. The third-order valence-corrected chi connectivity index (χ3v) is 4.58. The summed E-state index contributed by atoms with van der Waals surface area (Å²) in [5.74, 6) is 0.651. The van der Waals surface area contributed by atoms with Gasteiger partial charge in [0.25, 0.3) is 0 Å². The Morgan fingerprint density at radius 3 is 3.00 bits per heavy atom. The number of nitrogens with one attached hydrogen (secondary N) is 1. The second-order valence-corrected chi connectivity index (χ2v) is 6.83. The Balaban J connectivity index is 2.11. The van der Waals surface area contributed by atoms with Gasteiger partial charge >= 0.3 is 0 Å². The molecule has 1 saturated heterocycles. The number of rotatable bonds is 8. The first-order valence-electron chi connectivity index (χ1n) is 7.78. The molecule has 1 aliphatic rings. The number of hydrogen-bond acceptors (Lipinski definition) is 4. The normalized spacial score (nSPS) is 20.3. The molecule has 6 heteroatoms. The van der Waals surface area contributed by atoms with Crippen LogP contribution in [0.3, 0.4) is 0 Å². The number of hydrogen-bond donors (Lipinski definition) is 1. The lowest BCUT2D eigenvalue weighted by Gasteiger charge is -2.23. The molecule has 1 aromatic heterocycles. The molecule has 0 aromatic carbocycles. The molecule has 0 saturated carbocycles. The van der Waals surface area contributed by atoms with E-state index in [1.165, 1.54) is 12.1 Å². The molecule has 0 amide bonds.